The van der Waals surface area contributed by atoms with Crippen molar-refractivity contribution in [3.63, 3.8) is 0 Å². The number of likely N-dealkylation sites (N-methyl/N-ethyl adjacent to an activating group) is 1. The van der Waals surface area contributed by atoms with Crippen molar-refractivity contribution < 1.29 is 9.90 Å². The van der Waals surface area contributed by atoms with E-state index < -0.39 is 6.10 Å². The van der Waals surface area contributed by atoms with Crippen LogP contribution in [-0.2, 0) is 0 Å². The topological polar surface area (TPSA) is 92.3 Å². The number of nitrogen functional groups attached to an aromatic ring is 1. The van der Waals surface area contributed by atoms with E-state index in [9.17, 15) is 9.90 Å². The third-order valence-corrected chi connectivity index (χ3v) is 5.58. The van der Waals surface area contributed by atoms with Gasteiger partial charge in [-0.1, -0.05) is 49.8 Å². The van der Waals surface area contributed by atoms with Gasteiger partial charge in [-0.05, 0) is 55.8 Å². The third-order valence-electron chi connectivity index (χ3n) is 5.58. The number of rotatable bonds is 8. The van der Waals surface area contributed by atoms with Crippen LogP contribution >= 0.6 is 0 Å². The van der Waals surface area contributed by atoms with Crippen LogP contribution in [-0.4, -0.2) is 51.5 Å². The number of benzene rings is 1. The zero-order chi connectivity index (χ0) is 25.0. The van der Waals surface area contributed by atoms with Crippen LogP contribution in [0, 0.1) is 23.7 Å². The van der Waals surface area contributed by atoms with Gasteiger partial charge in [0.2, 0.25) is 0 Å². The van der Waals surface area contributed by atoms with E-state index in [-0.39, 0.29) is 5.78 Å². The summed E-state index contributed by atoms with van der Waals surface area (Å²) in [5.74, 6) is 12.5. The summed E-state index contributed by atoms with van der Waals surface area (Å²) >= 11 is 0. The molecular formula is C29H30N4O2. The predicted octanol–water partition coefficient (Wildman–Crippen LogP) is 3.52. The molecule has 3 rings (SSSR count). The Morgan fingerprint density at radius 1 is 0.971 bits per heavy atom. The van der Waals surface area contributed by atoms with Crippen LogP contribution in [0.5, 0.6) is 0 Å². The van der Waals surface area contributed by atoms with Gasteiger partial charge in [0.05, 0.1) is 11.7 Å². The molecule has 2 heterocycles. The summed E-state index contributed by atoms with van der Waals surface area (Å²) in [4.78, 5) is 23.0. The number of hydrogen-bond donors (Lipinski definition) is 2. The lowest BCUT2D eigenvalue weighted by Crippen LogP contribution is -2.32. The summed E-state index contributed by atoms with van der Waals surface area (Å²) in [5, 5.41) is 10.2. The summed E-state index contributed by atoms with van der Waals surface area (Å²) in [6.45, 7) is 6.47. The van der Waals surface area contributed by atoms with Gasteiger partial charge in [0.15, 0.2) is 5.78 Å². The number of Topliss-reactive ketones (excluding diaryl/α,β-unsaturated/α-hetero) is 1. The lowest BCUT2D eigenvalue weighted by Gasteiger charge is -2.21. The zero-order valence-electron chi connectivity index (χ0n) is 20.2. The summed E-state index contributed by atoms with van der Waals surface area (Å²) < 4.78 is 0. The molecule has 0 amide bonds. The number of nitrogens with two attached hydrogens (primary N) is 1. The highest BCUT2D eigenvalue weighted by Gasteiger charge is 2.12. The first-order valence-electron chi connectivity index (χ1n) is 11.7. The second kappa shape index (κ2) is 13.1. The molecule has 1 unspecified atom stereocenters. The van der Waals surface area contributed by atoms with Crippen LogP contribution in [0.2, 0.25) is 0 Å². The minimum Gasteiger partial charge on any atom is -0.392 e. The van der Waals surface area contributed by atoms with Crippen LogP contribution in [0.15, 0.2) is 60.9 Å². The highest BCUT2D eigenvalue weighted by Crippen LogP contribution is 2.14. The van der Waals surface area contributed by atoms with Crippen LogP contribution in [0.25, 0.3) is 0 Å². The van der Waals surface area contributed by atoms with Gasteiger partial charge in [0.1, 0.15) is 11.5 Å². The molecule has 0 spiro atoms. The molecule has 0 aliphatic heterocycles. The van der Waals surface area contributed by atoms with E-state index in [2.05, 4.69) is 52.4 Å². The van der Waals surface area contributed by atoms with Crippen molar-refractivity contribution in [1.29, 1.82) is 0 Å². The second-order valence-corrected chi connectivity index (χ2v) is 8.01. The van der Waals surface area contributed by atoms with E-state index >= 15 is 0 Å². The van der Waals surface area contributed by atoms with E-state index in [0.29, 0.717) is 47.6 Å². The molecule has 0 fully saturated rings. The molecular weight excluding hydrogens is 436 g/mol. The fraction of sp³-hybridized carbons (Fsp3) is 0.276. The van der Waals surface area contributed by atoms with Gasteiger partial charge >= 0.3 is 0 Å². The van der Waals surface area contributed by atoms with Crippen molar-refractivity contribution in [2.45, 2.75) is 32.8 Å². The number of anilines is 1. The molecule has 0 aliphatic carbocycles. The molecule has 3 N–H and O–H groups in total. The molecule has 0 aliphatic rings. The van der Waals surface area contributed by atoms with E-state index in [1.165, 1.54) is 0 Å². The van der Waals surface area contributed by atoms with Gasteiger partial charge in [-0.2, -0.15) is 0 Å². The van der Waals surface area contributed by atoms with Crippen molar-refractivity contribution in [3.8, 4) is 23.7 Å². The maximum Gasteiger partial charge on any atom is 0.162 e. The molecule has 0 saturated carbocycles. The lowest BCUT2D eigenvalue weighted by atomic mass is 10.0. The number of aromatic nitrogens is 2. The van der Waals surface area contributed by atoms with Gasteiger partial charge in [-0.15, -0.1) is 0 Å². The largest absolute Gasteiger partial charge is 0.392 e. The van der Waals surface area contributed by atoms with Crippen molar-refractivity contribution >= 4 is 11.6 Å². The maximum absolute atomic E-state index is 12.5. The van der Waals surface area contributed by atoms with Crippen molar-refractivity contribution in [3.05, 3.63) is 88.9 Å². The Labute approximate surface area is 207 Å². The first kappa shape index (κ1) is 25.6. The Kier molecular flexibility index (Phi) is 9.57. The molecule has 35 heavy (non-hydrogen) atoms. The number of carbonyl (C=O) groups excluding carboxylic acids is 1. The SMILES string of the molecule is CCN(CC)CC(O)CCC(=O)c1ccc(C#Cc2c(C#Cc3ccccn3)ccnc2N)cc1. The second-order valence-electron chi connectivity index (χ2n) is 8.01. The highest BCUT2D eigenvalue weighted by molar-refractivity contribution is 5.96. The van der Waals surface area contributed by atoms with Gasteiger partial charge in [-0.3, -0.25) is 4.79 Å². The number of carbonyl (C=O) groups is 1. The summed E-state index contributed by atoms with van der Waals surface area (Å²) in [5.41, 5.74) is 9.29. The number of nitrogens with zero attached hydrogens (tertiary/aromatic N) is 3. The van der Waals surface area contributed by atoms with Gasteiger partial charge in [0, 0.05) is 42.0 Å². The minimum atomic E-state index is -0.510. The molecule has 0 radical (unpaired) electrons. The van der Waals surface area contributed by atoms with Crippen LogP contribution in [0.3, 0.4) is 0 Å². The Balaban J connectivity index is 1.67. The standard InChI is InChI=1S/C29H30N4O2/c1-3-33(4-2)21-26(34)15-17-28(35)24-11-8-22(9-12-24)10-16-27-23(18-20-32-29(27)30)13-14-25-7-5-6-19-31-25/h5-9,11-12,18-20,26,34H,3-4,15,17,21H2,1-2H3,(H2,30,32). The number of hydrogen-bond acceptors (Lipinski definition) is 6. The molecule has 1 atom stereocenters. The smallest absolute Gasteiger partial charge is 0.162 e. The average Bonchev–Trinajstić information content (AvgIpc) is 2.89. The van der Waals surface area contributed by atoms with E-state index in [1.54, 1.807) is 42.7 Å². The van der Waals surface area contributed by atoms with Crippen LogP contribution in [0.4, 0.5) is 5.82 Å². The average molecular weight is 467 g/mol. The Morgan fingerprint density at radius 2 is 1.74 bits per heavy atom. The van der Waals surface area contributed by atoms with Crippen LogP contribution in [0.1, 0.15) is 59.4 Å². The molecule has 2 aromatic heterocycles. The summed E-state index contributed by atoms with van der Waals surface area (Å²) in [6.07, 6.45) is 3.53. The first-order chi connectivity index (χ1) is 17.0. The zero-order valence-corrected chi connectivity index (χ0v) is 20.2. The van der Waals surface area contributed by atoms with Crippen molar-refractivity contribution in [2.75, 3.05) is 25.4 Å². The maximum atomic E-state index is 12.5. The van der Waals surface area contributed by atoms with Crippen molar-refractivity contribution in [2.24, 2.45) is 0 Å². The Morgan fingerprint density at radius 3 is 2.43 bits per heavy atom. The predicted molar refractivity (Wildman–Crippen MR) is 139 cm³/mol. The monoisotopic (exact) mass is 466 g/mol. The quantitative estimate of drug-likeness (QED) is 0.390. The number of ketones is 1. The lowest BCUT2D eigenvalue weighted by molar-refractivity contribution is 0.0877. The van der Waals surface area contributed by atoms with Gasteiger partial charge < -0.3 is 15.7 Å². The first-order valence-corrected chi connectivity index (χ1v) is 11.7. The van der Waals surface area contributed by atoms with E-state index in [4.69, 9.17) is 5.73 Å². The number of aliphatic hydroxyl groups is 1. The highest BCUT2D eigenvalue weighted by atomic mass is 16.3. The third kappa shape index (κ3) is 7.79. The molecule has 0 bridgehead atoms. The Hall–Kier alpha value is -3.97. The minimum absolute atomic E-state index is 0.00620. The summed E-state index contributed by atoms with van der Waals surface area (Å²) in [6, 6.07) is 14.4. The van der Waals surface area contributed by atoms with Gasteiger partial charge in [0.25, 0.3) is 0 Å². The molecule has 178 valence electrons. The van der Waals surface area contributed by atoms with E-state index in [1.807, 2.05) is 18.2 Å². The number of pyridine rings is 2. The van der Waals surface area contributed by atoms with Gasteiger partial charge in [-0.25, -0.2) is 9.97 Å². The number of aliphatic hydroxyl groups excluding tert-OH is 1. The fourth-order valence-corrected chi connectivity index (χ4v) is 3.47. The molecule has 6 nitrogen and oxygen atoms in total. The molecule has 0 saturated heterocycles. The normalized spacial score (nSPS) is 11.2. The van der Waals surface area contributed by atoms with Crippen LogP contribution < -0.4 is 5.73 Å². The van der Waals surface area contributed by atoms with E-state index in [0.717, 1.165) is 18.7 Å². The molecule has 6 heteroatoms. The fourth-order valence-electron chi connectivity index (χ4n) is 3.47. The van der Waals surface area contributed by atoms with Crippen molar-refractivity contribution in [1.82, 2.24) is 14.9 Å². The molecule has 1 aromatic carbocycles. The Bertz CT molecular complexity index is 1250. The molecule has 3 aromatic rings. The summed E-state index contributed by atoms with van der Waals surface area (Å²) in [7, 11) is 0.